The number of amides is 1. The van der Waals surface area contributed by atoms with Crippen LogP contribution in [0.25, 0.3) is 0 Å². The molecule has 0 aromatic carbocycles. The number of hydrogen-bond acceptors (Lipinski definition) is 4. The number of aromatic nitrogens is 3. The maximum atomic E-state index is 11.9. The Morgan fingerprint density at radius 1 is 1.25 bits per heavy atom. The average Bonchev–Trinajstić information content (AvgIpc) is 3.25. The molecule has 24 heavy (non-hydrogen) atoms. The van der Waals surface area contributed by atoms with Crippen molar-refractivity contribution in [3.8, 4) is 0 Å². The van der Waals surface area contributed by atoms with Crippen molar-refractivity contribution in [2.24, 2.45) is 0 Å². The lowest BCUT2D eigenvalue weighted by molar-refractivity contribution is -0.192. The van der Waals surface area contributed by atoms with Crippen molar-refractivity contribution in [2.45, 2.75) is 24.9 Å². The topological polar surface area (TPSA) is 108 Å². The zero-order valence-electron chi connectivity index (χ0n) is 12.2. The summed E-state index contributed by atoms with van der Waals surface area (Å²) in [5.74, 6) is -2.38. The number of carbonyl (C=O) groups is 2. The number of carboxylic acids is 1. The fourth-order valence-corrected chi connectivity index (χ4v) is 1.69. The highest BCUT2D eigenvalue weighted by Gasteiger charge is 2.38. The first kappa shape index (κ1) is 17.4. The molecule has 1 aliphatic carbocycles. The Morgan fingerprint density at radius 2 is 1.83 bits per heavy atom. The second-order valence-electron chi connectivity index (χ2n) is 4.98. The highest BCUT2D eigenvalue weighted by Crippen LogP contribution is 2.39. The molecule has 7 nitrogen and oxygen atoms in total. The van der Waals surface area contributed by atoms with Crippen molar-refractivity contribution in [3.63, 3.8) is 0 Å². The number of rotatable bonds is 3. The highest BCUT2D eigenvalue weighted by molar-refractivity contribution is 6.02. The van der Waals surface area contributed by atoms with Crippen molar-refractivity contribution in [3.05, 3.63) is 42.0 Å². The van der Waals surface area contributed by atoms with Crippen molar-refractivity contribution < 1.29 is 27.9 Å². The second-order valence-corrected chi connectivity index (χ2v) is 4.98. The number of carbonyl (C=O) groups excluding carboxylic acids is 1. The van der Waals surface area contributed by atoms with Crippen LogP contribution >= 0.6 is 0 Å². The van der Waals surface area contributed by atoms with E-state index < -0.39 is 12.1 Å². The number of hydrogen-bond donors (Lipinski definition) is 3. The van der Waals surface area contributed by atoms with Crippen LogP contribution in [-0.4, -0.2) is 38.3 Å². The predicted octanol–water partition coefficient (Wildman–Crippen LogP) is 2.57. The van der Waals surface area contributed by atoms with Gasteiger partial charge in [-0.2, -0.15) is 18.3 Å². The smallest absolute Gasteiger partial charge is 0.475 e. The number of carboxylic acid groups (broad SMARTS) is 1. The van der Waals surface area contributed by atoms with E-state index in [4.69, 9.17) is 9.90 Å². The van der Waals surface area contributed by atoms with E-state index in [0.29, 0.717) is 11.6 Å². The van der Waals surface area contributed by atoms with Crippen LogP contribution in [0, 0.1) is 0 Å². The number of H-pyrrole nitrogens is 1. The van der Waals surface area contributed by atoms with Gasteiger partial charge in [0.05, 0.1) is 0 Å². The Hall–Kier alpha value is -2.91. The van der Waals surface area contributed by atoms with Gasteiger partial charge < -0.3 is 10.4 Å². The van der Waals surface area contributed by atoms with Crippen molar-refractivity contribution in [1.29, 1.82) is 0 Å². The first-order valence-corrected chi connectivity index (χ1v) is 6.84. The van der Waals surface area contributed by atoms with Gasteiger partial charge in [0.2, 0.25) is 0 Å². The van der Waals surface area contributed by atoms with Gasteiger partial charge in [-0.15, -0.1) is 0 Å². The first-order valence-electron chi connectivity index (χ1n) is 6.84. The van der Waals surface area contributed by atoms with Crippen LogP contribution in [0.5, 0.6) is 0 Å². The minimum absolute atomic E-state index is 0.195. The SMILES string of the molecule is O=C(Nc1ccncc1)c1cc(C2CC2)[nH]n1.O=C(O)C(F)(F)F. The molecule has 3 N–H and O–H groups in total. The van der Waals surface area contributed by atoms with Crippen LogP contribution in [0.15, 0.2) is 30.6 Å². The number of anilines is 1. The molecule has 2 aromatic heterocycles. The highest BCUT2D eigenvalue weighted by atomic mass is 19.4. The summed E-state index contributed by atoms with van der Waals surface area (Å²) in [5, 5.41) is 16.8. The molecule has 1 fully saturated rings. The van der Waals surface area contributed by atoms with Crippen molar-refractivity contribution in [1.82, 2.24) is 15.2 Å². The molecule has 2 heterocycles. The van der Waals surface area contributed by atoms with Crippen LogP contribution in [0.1, 0.15) is 34.9 Å². The Balaban J connectivity index is 0.000000256. The molecule has 10 heteroatoms. The van der Waals surface area contributed by atoms with E-state index in [2.05, 4.69) is 20.5 Å². The van der Waals surface area contributed by atoms with Crippen LogP contribution in [0.2, 0.25) is 0 Å². The number of alkyl halides is 3. The lowest BCUT2D eigenvalue weighted by Crippen LogP contribution is -2.21. The van der Waals surface area contributed by atoms with Gasteiger partial charge in [0.15, 0.2) is 5.69 Å². The predicted molar refractivity (Wildman–Crippen MR) is 76.4 cm³/mol. The molecule has 2 aromatic rings. The summed E-state index contributed by atoms with van der Waals surface area (Å²) in [7, 11) is 0. The molecular formula is C14H13F3N4O3. The molecule has 0 unspecified atom stereocenters. The van der Waals surface area contributed by atoms with Crippen molar-refractivity contribution in [2.75, 3.05) is 5.32 Å². The van der Waals surface area contributed by atoms with E-state index in [1.54, 1.807) is 24.5 Å². The minimum atomic E-state index is -5.08. The molecule has 0 spiro atoms. The molecule has 1 amide bonds. The van der Waals surface area contributed by atoms with Crippen LogP contribution in [0.4, 0.5) is 18.9 Å². The van der Waals surface area contributed by atoms with Gasteiger partial charge in [-0.05, 0) is 31.0 Å². The number of aromatic amines is 1. The molecule has 0 aliphatic heterocycles. The summed E-state index contributed by atoms with van der Waals surface area (Å²) < 4.78 is 31.7. The van der Waals surface area contributed by atoms with E-state index in [-0.39, 0.29) is 5.91 Å². The second kappa shape index (κ2) is 7.11. The number of pyridine rings is 1. The third kappa shape index (κ3) is 5.07. The van der Waals surface area contributed by atoms with Gasteiger partial charge >= 0.3 is 12.1 Å². The third-order valence-electron chi connectivity index (χ3n) is 3.03. The molecule has 128 valence electrons. The lowest BCUT2D eigenvalue weighted by atomic mass is 10.2. The number of halogens is 3. The summed E-state index contributed by atoms with van der Waals surface area (Å²) in [4.78, 5) is 24.6. The average molecular weight is 342 g/mol. The Kier molecular flexibility index (Phi) is 5.17. The molecular weight excluding hydrogens is 329 g/mol. The zero-order valence-corrected chi connectivity index (χ0v) is 12.2. The summed E-state index contributed by atoms with van der Waals surface area (Å²) >= 11 is 0. The standard InChI is InChI=1S/C12H12N4O.C2HF3O2/c17-12(14-9-3-5-13-6-4-9)11-7-10(15-16-11)8-1-2-8;3-2(4,5)1(6)7/h3-8H,1-2H2,(H,15,16)(H,13,14,17);(H,6,7). The largest absolute Gasteiger partial charge is 0.490 e. The maximum Gasteiger partial charge on any atom is 0.490 e. The molecule has 0 saturated heterocycles. The van der Waals surface area contributed by atoms with Gasteiger partial charge in [0.1, 0.15) is 0 Å². The molecule has 1 aliphatic rings. The van der Waals surface area contributed by atoms with Gasteiger partial charge in [-0.1, -0.05) is 0 Å². The number of aliphatic carboxylic acids is 1. The quantitative estimate of drug-likeness (QED) is 0.794. The van der Waals surface area contributed by atoms with Crippen LogP contribution in [0.3, 0.4) is 0 Å². The zero-order chi connectivity index (χ0) is 17.7. The summed E-state index contributed by atoms with van der Waals surface area (Å²) in [6.07, 6.45) is 0.562. The van der Waals surface area contributed by atoms with E-state index in [1.807, 2.05) is 6.07 Å². The minimum Gasteiger partial charge on any atom is -0.475 e. The molecule has 0 radical (unpaired) electrons. The number of nitrogens with zero attached hydrogens (tertiary/aromatic N) is 2. The first-order chi connectivity index (χ1) is 11.3. The maximum absolute atomic E-state index is 11.9. The summed E-state index contributed by atoms with van der Waals surface area (Å²) in [6, 6.07) is 5.31. The van der Waals surface area contributed by atoms with Crippen molar-refractivity contribution >= 4 is 17.6 Å². The normalized spacial score (nSPS) is 13.6. The van der Waals surface area contributed by atoms with Gasteiger partial charge in [-0.25, -0.2) is 4.79 Å². The van der Waals surface area contributed by atoms with Crippen LogP contribution < -0.4 is 5.32 Å². The molecule has 0 bridgehead atoms. The Labute approximate surface area is 133 Å². The van der Waals surface area contributed by atoms with Gasteiger partial charge in [-0.3, -0.25) is 14.9 Å². The Bertz CT molecular complexity index is 712. The fraction of sp³-hybridized carbons (Fsp3) is 0.286. The van der Waals surface area contributed by atoms with E-state index in [9.17, 15) is 18.0 Å². The van der Waals surface area contributed by atoms with E-state index in [0.717, 1.165) is 11.4 Å². The monoisotopic (exact) mass is 342 g/mol. The van der Waals surface area contributed by atoms with Gasteiger partial charge in [0, 0.05) is 29.7 Å². The molecule has 0 atom stereocenters. The van der Waals surface area contributed by atoms with Gasteiger partial charge in [0.25, 0.3) is 5.91 Å². The summed E-state index contributed by atoms with van der Waals surface area (Å²) in [5.41, 5.74) is 2.22. The molecule has 1 saturated carbocycles. The summed E-state index contributed by atoms with van der Waals surface area (Å²) in [6.45, 7) is 0. The van der Waals surface area contributed by atoms with E-state index in [1.165, 1.54) is 12.8 Å². The van der Waals surface area contributed by atoms with Crippen LogP contribution in [-0.2, 0) is 4.79 Å². The van der Waals surface area contributed by atoms with E-state index >= 15 is 0 Å². The lowest BCUT2D eigenvalue weighted by Gasteiger charge is -2.00. The third-order valence-corrected chi connectivity index (χ3v) is 3.03. The fourth-order valence-electron chi connectivity index (χ4n) is 1.69. The number of nitrogens with one attached hydrogen (secondary N) is 2. The Morgan fingerprint density at radius 3 is 2.33 bits per heavy atom. The molecule has 3 rings (SSSR count).